The molecule has 0 amide bonds. The molecule has 1 aliphatic rings. The molecule has 0 bridgehead atoms. The fourth-order valence-corrected chi connectivity index (χ4v) is 10.3. The van der Waals surface area contributed by atoms with Crippen molar-refractivity contribution in [3.63, 3.8) is 0 Å². The van der Waals surface area contributed by atoms with Gasteiger partial charge in [-0.1, -0.05) is 81.4 Å². The summed E-state index contributed by atoms with van der Waals surface area (Å²) >= 11 is 3.49. The molecule has 1 saturated heterocycles. The lowest BCUT2D eigenvalue weighted by Crippen LogP contribution is -2.67. The molecule has 3 atom stereocenters. The first kappa shape index (κ1) is 25.0. The Balaban J connectivity index is 1.47. The summed E-state index contributed by atoms with van der Waals surface area (Å²) in [6, 6.07) is 20.9. The van der Waals surface area contributed by atoms with Crippen molar-refractivity contribution in [1.82, 2.24) is 19.5 Å². The first-order chi connectivity index (χ1) is 17.2. The standard InChI is InChI=1S/C26H30BrN5O3Si/c1-26(2,3)36(17-10-6-4-7-11-17,18-12-8-5-9-13-18)34-15-20-19(33)14-21(35-20)32-24-22(31-25(32)27)23(28)29-16-30-24/h4-13,16,19-21,33H,14-15H2,1-3H3,(H2,28,29,30)/t19-,20+,21+/m0/s1. The number of ether oxygens (including phenoxy) is 1. The molecule has 2 aromatic carbocycles. The van der Waals surface area contributed by atoms with Crippen molar-refractivity contribution in [3.8, 4) is 0 Å². The lowest BCUT2D eigenvalue weighted by Gasteiger charge is -2.43. The molecule has 36 heavy (non-hydrogen) atoms. The quantitative estimate of drug-likeness (QED) is 0.271. The third-order valence-electron chi connectivity index (χ3n) is 6.84. The maximum absolute atomic E-state index is 11.0. The zero-order valence-electron chi connectivity index (χ0n) is 20.5. The van der Waals surface area contributed by atoms with E-state index >= 15 is 0 Å². The van der Waals surface area contributed by atoms with Gasteiger partial charge in [0.1, 0.15) is 18.7 Å². The molecule has 0 spiro atoms. The molecule has 8 nitrogen and oxygen atoms in total. The summed E-state index contributed by atoms with van der Waals surface area (Å²) in [5.41, 5.74) is 7.04. The van der Waals surface area contributed by atoms with Crippen LogP contribution in [0, 0.1) is 0 Å². The molecule has 3 heterocycles. The van der Waals surface area contributed by atoms with E-state index < -0.39 is 26.8 Å². The molecule has 10 heteroatoms. The summed E-state index contributed by atoms with van der Waals surface area (Å²) in [6.45, 7) is 6.94. The van der Waals surface area contributed by atoms with Crippen LogP contribution in [0.2, 0.25) is 5.04 Å². The van der Waals surface area contributed by atoms with Gasteiger partial charge >= 0.3 is 0 Å². The van der Waals surface area contributed by atoms with Gasteiger partial charge in [0.15, 0.2) is 21.7 Å². The van der Waals surface area contributed by atoms with Crippen molar-refractivity contribution >= 4 is 51.6 Å². The molecule has 0 saturated carbocycles. The number of hydrogen-bond acceptors (Lipinski definition) is 7. The number of halogens is 1. The van der Waals surface area contributed by atoms with Gasteiger partial charge in [-0.05, 0) is 31.3 Å². The fraction of sp³-hybridized carbons (Fsp3) is 0.346. The second-order valence-corrected chi connectivity index (χ2v) is 15.1. The molecular weight excluding hydrogens is 538 g/mol. The van der Waals surface area contributed by atoms with E-state index in [1.807, 2.05) is 12.1 Å². The monoisotopic (exact) mass is 567 g/mol. The molecule has 2 aromatic heterocycles. The summed E-state index contributed by atoms with van der Waals surface area (Å²) in [5.74, 6) is 0.296. The fourth-order valence-electron chi connectivity index (χ4n) is 5.15. The molecule has 1 fully saturated rings. The SMILES string of the molecule is CC(C)(C)[Si](OC[C@H]1O[C@@H](n2c(Br)nc3c(N)ncnc32)C[C@@H]1O)(c1ccccc1)c1ccccc1. The normalized spacial score (nSPS) is 20.8. The van der Waals surface area contributed by atoms with Crippen molar-refractivity contribution in [2.75, 3.05) is 12.3 Å². The highest BCUT2D eigenvalue weighted by Crippen LogP contribution is 2.39. The molecule has 4 aromatic rings. The molecular formula is C26H30BrN5O3Si. The van der Waals surface area contributed by atoms with Crippen LogP contribution in [0.25, 0.3) is 11.2 Å². The van der Waals surface area contributed by atoms with E-state index in [0.717, 1.165) is 0 Å². The van der Waals surface area contributed by atoms with Gasteiger partial charge in [0.2, 0.25) is 0 Å². The van der Waals surface area contributed by atoms with Crippen molar-refractivity contribution < 1.29 is 14.3 Å². The number of nitrogen functional groups attached to an aromatic ring is 1. The Morgan fingerprint density at radius 2 is 1.69 bits per heavy atom. The lowest BCUT2D eigenvalue weighted by molar-refractivity contribution is -0.0405. The van der Waals surface area contributed by atoms with Crippen LogP contribution in [0.3, 0.4) is 0 Å². The number of anilines is 1. The van der Waals surface area contributed by atoms with Crippen LogP contribution in [-0.2, 0) is 9.16 Å². The second-order valence-electron chi connectivity index (χ2n) is 10.1. The highest BCUT2D eigenvalue weighted by molar-refractivity contribution is 9.10. The summed E-state index contributed by atoms with van der Waals surface area (Å²) in [7, 11) is -2.75. The minimum atomic E-state index is -2.75. The van der Waals surface area contributed by atoms with Gasteiger partial charge in [-0.15, -0.1) is 0 Å². The summed E-state index contributed by atoms with van der Waals surface area (Å²) in [5, 5.41) is 13.2. The van der Waals surface area contributed by atoms with E-state index in [-0.39, 0.29) is 11.6 Å². The van der Waals surface area contributed by atoms with E-state index in [1.165, 1.54) is 16.7 Å². The van der Waals surface area contributed by atoms with Gasteiger partial charge in [-0.25, -0.2) is 15.0 Å². The highest BCUT2D eigenvalue weighted by atomic mass is 79.9. The van der Waals surface area contributed by atoms with Crippen molar-refractivity contribution in [1.29, 1.82) is 0 Å². The lowest BCUT2D eigenvalue weighted by atomic mass is 10.2. The molecule has 188 valence electrons. The van der Waals surface area contributed by atoms with Crippen molar-refractivity contribution in [3.05, 3.63) is 71.7 Å². The predicted octanol–water partition coefficient (Wildman–Crippen LogP) is 3.40. The smallest absolute Gasteiger partial charge is 0.261 e. The van der Waals surface area contributed by atoms with Gasteiger partial charge in [-0.2, -0.15) is 0 Å². The van der Waals surface area contributed by atoms with E-state index in [9.17, 15) is 5.11 Å². The number of rotatable bonds is 6. The first-order valence-electron chi connectivity index (χ1n) is 11.9. The Morgan fingerprint density at radius 1 is 1.08 bits per heavy atom. The van der Waals surface area contributed by atoms with E-state index in [4.69, 9.17) is 14.9 Å². The maximum atomic E-state index is 11.0. The Kier molecular flexibility index (Phi) is 6.73. The molecule has 0 aliphatic carbocycles. The maximum Gasteiger partial charge on any atom is 0.261 e. The number of benzene rings is 2. The Hall–Kier alpha value is -2.63. The van der Waals surface area contributed by atoms with E-state index in [0.29, 0.717) is 28.1 Å². The van der Waals surface area contributed by atoms with Crippen LogP contribution in [0.15, 0.2) is 71.7 Å². The largest absolute Gasteiger partial charge is 0.405 e. The Labute approximate surface area is 219 Å². The Bertz CT molecular complexity index is 1310. The van der Waals surface area contributed by atoms with E-state index in [2.05, 4.69) is 100 Å². The summed E-state index contributed by atoms with van der Waals surface area (Å²) in [6.07, 6.45) is 0.0818. The van der Waals surface area contributed by atoms with Crippen molar-refractivity contribution in [2.24, 2.45) is 0 Å². The summed E-state index contributed by atoms with van der Waals surface area (Å²) in [4.78, 5) is 12.8. The van der Waals surface area contributed by atoms with Gasteiger partial charge in [0.25, 0.3) is 8.32 Å². The van der Waals surface area contributed by atoms with Gasteiger partial charge in [0, 0.05) is 6.42 Å². The number of imidazole rings is 1. The first-order valence-corrected chi connectivity index (χ1v) is 14.6. The van der Waals surface area contributed by atoms with Gasteiger partial charge in [-0.3, -0.25) is 4.57 Å². The minimum absolute atomic E-state index is 0.170. The van der Waals surface area contributed by atoms with Crippen molar-refractivity contribution in [2.45, 2.75) is 50.7 Å². The van der Waals surface area contributed by atoms with Crippen LogP contribution in [0.4, 0.5) is 5.82 Å². The molecule has 3 N–H and O–H groups in total. The third kappa shape index (κ3) is 4.26. The zero-order valence-corrected chi connectivity index (χ0v) is 23.1. The van der Waals surface area contributed by atoms with Crippen LogP contribution in [-0.4, -0.2) is 51.8 Å². The molecule has 0 unspecified atom stereocenters. The van der Waals surface area contributed by atoms with Crippen LogP contribution < -0.4 is 16.1 Å². The summed E-state index contributed by atoms with van der Waals surface area (Å²) < 4.78 is 15.7. The van der Waals surface area contributed by atoms with Crippen LogP contribution >= 0.6 is 15.9 Å². The van der Waals surface area contributed by atoms with Crippen LogP contribution in [0.5, 0.6) is 0 Å². The minimum Gasteiger partial charge on any atom is -0.405 e. The van der Waals surface area contributed by atoms with Gasteiger partial charge in [0.05, 0.1) is 12.7 Å². The topological polar surface area (TPSA) is 108 Å². The number of aliphatic hydroxyl groups is 1. The highest BCUT2D eigenvalue weighted by Gasteiger charge is 2.51. The second kappa shape index (κ2) is 9.68. The number of aromatic nitrogens is 4. The number of hydrogen-bond donors (Lipinski definition) is 2. The van der Waals surface area contributed by atoms with Gasteiger partial charge < -0.3 is 20.0 Å². The zero-order chi connectivity index (χ0) is 25.5. The molecule has 5 rings (SSSR count). The van der Waals surface area contributed by atoms with Crippen LogP contribution in [0.1, 0.15) is 33.4 Å². The average molecular weight is 569 g/mol. The molecule has 0 radical (unpaired) electrons. The number of aliphatic hydroxyl groups excluding tert-OH is 1. The number of nitrogens with two attached hydrogens (primary N) is 1. The predicted molar refractivity (Wildman–Crippen MR) is 146 cm³/mol. The van der Waals surface area contributed by atoms with E-state index in [1.54, 1.807) is 4.57 Å². The molecule has 1 aliphatic heterocycles. The Morgan fingerprint density at radius 3 is 2.28 bits per heavy atom. The third-order valence-corrected chi connectivity index (χ3v) is 12.4. The average Bonchev–Trinajstić information content (AvgIpc) is 3.39. The number of nitrogens with zero attached hydrogens (tertiary/aromatic N) is 4. The number of fused-ring (bicyclic) bond motifs is 1.